The van der Waals surface area contributed by atoms with Gasteiger partial charge in [-0.25, -0.2) is 0 Å². The Morgan fingerprint density at radius 2 is 1.48 bits per heavy atom. The molecule has 1 fully saturated rings. The molecule has 2 aromatic carbocycles. The van der Waals surface area contributed by atoms with Crippen molar-refractivity contribution < 1.29 is 5.11 Å². The van der Waals surface area contributed by atoms with Gasteiger partial charge >= 0.3 is 0 Å². The number of hydrogen-bond donors (Lipinski definition) is 1. The van der Waals surface area contributed by atoms with Crippen LogP contribution in [-0.4, -0.2) is 23.1 Å². The van der Waals surface area contributed by atoms with Crippen LogP contribution in [0.2, 0.25) is 0 Å². The summed E-state index contributed by atoms with van der Waals surface area (Å²) in [5.41, 5.74) is 1.37. The fraction of sp³-hybridized carbons (Fsp3) is 0.429. The first-order valence-electron chi connectivity index (χ1n) is 8.82. The van der Waals surface area contributed by atoms with Crippen LogP contribution in [0.4, 0.5) is 0 Å². The van der Waals surface area contributed by atoms with Gasteiger partial charge in [0.2, 0.25) is 0 Å². The molecule has 2 heteroatoms. The van der Waals surface area contributed by atoms with Crippen LogP contribution < -0.4 is 0 Å². The van der Waals surface area contributed by atoms with E-state index in [1.165, 1.54) is 24.8 Å². The fourth-order valence-corrected chi connectivity index (χ4v) is 3.88. The lowest BCUT2D eigenvalue weighted by Crippen LogP contribution is -2.46. The van der Waals surface area contributed by atoms with E-state index >= 15 is 0 Å². The predicted octanol–water partition coefficient (Wildman–Crippen LogP) is 4.51. The maximum absolute atomic E-state index is 11.7. The number of benzene rings is 2. The highest BCUT2D eigenvalue weighted by Gasteiger charge is 2.41. The second kappa shape index (κ2) is 7.29. The zero-order chi connectivity index (χ0) is 16.1. The molecule has 2 atom stereocenters. The molecule has 0 bridgehead atoms. The Kier molecular flexibility index (Phi) is 5.14. The van der Waals surface area contributed by atoms with Crippen LogP contribution in [0.5, 0.6) is 0 Å². The van der Waals surface area contributed by atoms with Gasteiger partial charge in [0.05, 0.1) is 6.04 Å². The highest BCUT2D eigenvalue weighted by atomic mass is 16.3. The van der Waals surface area contributed by atoms with Gasteiger partial charge in [-0.3, -0.25) is 4.90 Å². The molecule has 2 aromatic rings. The molecule has 1 aliphatic heterocycles. The molecule has 122 valence electrons. The van der Waals surface area contributed by atoms with Crippen LogP contribution in [0.3, 0.4) is 0 Å². The Balaban J connectivity index is 2.05. The maximum Gasteiger partial charge on any atom is 0.109 e. The quantitative estimate of drug-likeness (QED) is 0.878. The van der Waals surface area contributed by atoms with Crippen molar-refractivity contribution in [3.8, 4) is 0 Å². The van der Waals surface area contributed by atoms with Gasteiger partial charge in [0.25, 0.3) is 0 Å². The van der Waals surface area contributed by atoms with Crippen molar-refractivity contribution in [1.82, 2.24) is 4.90 Å². The first-order chi connectivity index (χ1) is 11.3. The zero-order valence-electron chi connectivity index (χ0n) is 14.0. The minimum Gasteiger partial charge on any atom is -0.383 e. The molecular weight excluding hydrogens is 282 g/mol. The molecular formula is C21H27NO. The second-order valence-electron chi connectivity index (χ2n) is 6.55. The van der Waals surface area contributed by atoms with Crippen molar-refractivity contribution in [2.75, 3.05) is 13.1 Å². The second-order valence-corrected chi connectivity index (χ2v) is 6.55. The largest absolute Gasteiger partial charge is 0.383 e. The average Bonchev–Trinajstić information content (AvgIpc) is 2.64. The Morgan fingerprint density at radius 1 is 0.913 bits per heavy atom. The molecule has 0 radical (unpaired) electrons. The van der Waals surface area contributed by atoms with Crippen LogP contribution >= 0.6 is 0 Å². The van der Waals surface area contributed by atoms with E-state index in [2.05, 4.69) is 48.2 Å². The SMILES string of the molecule is CCC(O)(c1ccccc1)C(c1ccccc1)N1CCCCC1. The standard InChI is InChI=1S/C21H27NO/c1-2-21(23,19-14-8-4-9-15-19)20(18-12-6-3-7-13-18)22-16-10-5-11-17-22/h3-4,6-9,12-15,20,23H,2,5,10-11,16-17H2,1H3. The van der Waals surface area contributed by atoms with Gasteiger partial charge in [0, 0.05) is 0 Å². The van der Waals surface area contributed by atoms with Crippen LogP contribution in [0.1, 0.15) is 49.8 Å². The zero-order valence-corrected chi connectivity index (χ0v) is 14.0. The van der Waals surface area contributed by atoms with Crippen molar-refractivity contribution >= 4 is 0 Å². The van der Waals surface area contributed by atoms with Gasteiger partial charge < -0.3 is 5.11 Å². The highest BCUT2D eigenvalue weighted by molar-refractivity contribution is 5.31. The van der Waals surface area contributed by atoms with Crippen molar-refractivity contribution in [1.29, 1.82) is 0 Å². The number of nitrogens with zero attached hydrogens (tertiary/aromatic N) is 1. The molecule has 1 heterocycles. The summed E-state index contributed by atoms with van der Waals surface area (Å²) >= 11 is 0. The normalized spacial score (nSPS) is 19.9. The van der Waals surface area contributed by atoms with Crippen LogP contribution in [0, 0.1) is 0 Å². The summed E-state index contributed by atoms with van der Waals surface area (Å²) in [6.45, 7) is 4.22. The minimum atomic E-state index is -0.861. The molecule has 2 nitrogen and oxygen atoms in total. The van der Waals surface area contributed by atoms with Crippen LogP contribution in [0.25, 0.3) is 0 Å². The Hall–Kier alpha value is -1.64. The van der Waals surface area contributed by atoms with Crippen molar-refractivity contribution in [3.05, 3.63) is 71.8 Å². The number of aliphatic hydroxyl groups is 1. The van der Waals surface area contributed by atoms with Gasteiger partial charge in [-0.1, -0.05) is 74.0 Å². The molecule has 0 aliphatic carbocycles. The third kappa shape index (κ3) is 3.34. The van der Waals surface area contributed by atoms with Gasteiger partial charge in [-0.2, -0.15) is 0 Å². The molecule has 0 saturated carbocycles. The summed E-state index contributed by atoms with van der Waals surface area (Å²) in [4.78, 5) is 2.48. The van der Waals surface area contributed by atoms with Gasteiger partial charge in [0.15, 0.2) is 0 Å². The number of hydrogen-bond acceptors (Lipinski definition) is 2. The van der Waals surface area contributed by atoms with E-state index < -0.39 is 5.60 Å². The first kappa shape index (κ1) is 16.2. The maximum atomic E-state index is 11.7. The summed E-state index contributed by atoms with van der Waals surface area (Å²) < 4.78 is 0. The Morgan fingerprint density at radius 3 is 2.04 bits per heavy atom. The summed E-state index contributed by atoms with van der Waals surface area (Å²) in [6, 6.07) is 20.7. The topological polar surface area (TPSA) is 23.5 Å². The highest BCUT2D eigenvalue weighted by Crippen LogP contribution is 2.42. The van der Waals surface area contributed by atoms with E-state index in [9.17, 15) is 5.11 Å². The van der Waals surface area contributed by atoms with E-state index in [4.69, 9.17) is 0 Å². The lowest BCUT2D eigenvalue weighted by Gasteiger charge is -2.44. The lowest BCUT2D eigenvalue weighted by molar-refractivity contribution is -0.0641. The summed E-state index contributed by atoms with van der Waals surface area (Å²) in [6.07, 6.45) is 4.44. The fourth-order valence-electron chi connectivity index (χ4n) is 3.88. The van der Waals surface area contributed by atoms with E-state index in [1.807, 2.05) is 24.3 Å². The smallest absolute Gasteiger partial charge is 0.109 e. The molecule has 23 heavy (non-hydrogen) atoms. The molecule has 0 amide bonds. The van der Waals surface area contributed by atoms with Gasteiger partial charge in [0.1, 0.15) is 5.60 Å². The van der Waals surface area contributed by atoms with Crippen LogP contribution in [-0.2, 0) is 5.60 Å². The van der Waals surface area contributed by atoms with Gasteiger partial charge in [-0.15, -0.1) is 0 Å². The predicted molar refractivity (Wildman–Crippen MR) is 95.2 cm³/mol. The third-order valence-corrected chi connectivity index (χ3v) is 5.14. The number of piperidine rings is 1. The van der Waals surface area contributed by atoms with Gasteiger partial charge in [-0.05, 0) is 43.5 Å². The van der Waals surface area contributed by atoms with Crippen LogP contribution in [0.15, 0.2) is 60.7 Å². The van der Waals surface area contributed by atoms with E-state index in [0.29, 0.717) is 6.42 Å². The molecule has 1 saturated heterocycles. The van der Waals surface area contributed by atoms with E-state index in [0.717, 1.165) is 18.7 Å². The minimum absolute atomic E-state index is 0.0106. The number of likely N-dealkylation sites (tertiary alicyclic amines) is 1. The summed E-state index contributed by atoms with van der Waals surface area (Å²) in [5.74, 6) is 0. The summed E-state index contributed by atoms with van der Waals surface area (Å²) in [5, 5.41) is 11.7. The lowest BCUT2D eigenvalue weighted by atomic mass is 9.79. The van der Waals surface area contributed by atoms with Crippen molar-refractivity contribution in [2.45, 2.75) is 44.2 Å². The van der Waals surface area contributed by atoms with E-state index in [-0.39, 0.29) is 6.04 Å². The van der Waals surface area contributed by atoms with Crippen molar-refractivity contribution in [2.24, 2.45) is 0 Å². The van der Waals surface area contributed by atoms with Crippen molar-refractivity contribution in [3.63, 3.8) is 0 Å². The summed E-state index contributed by atoms with van der Waals surface area (Å²) in [7, 11) is 0. The molecule has 2 unspecified atom stereocenters. The first-order valence-corrected chi connectivity index (χ1v) is 8.82. The number of rotatable bonds is 5. The average molecular weight is 309 g/mol. The molecule has 1 N–H and O–H groups in total. The molecule has 3 rings (SSSR count). The molecule has 1 aliphatic rings. The van der Waals surface area contributed by atoms with E-state index in [1.54, 1.807) is 0 Å². The molecule has 0 spiro atoms. The third-order valence-electron chi connectivity index (χ3n) is 5.14. The Labute approximate surface area is 139 Å². The molecule has 0 aromatic heterocycles. The Bertz CT molecular complexity index is 592. The monoisotopic (exact) mass is 309 g/mol.